The molecular weight excluding hydrogens is 388 g/mol. The van der Waals surface area contributed by atoms with Gasteiger partial charge in [0.2, 0.25) is 0 Å². The maximum absolute atomic E-state index is 9.10. The standard InChI is InChI=1S/C8H10O.C7H8O.2C6H6O/c1-6-4-3-5-8(9)7(6)2;1-6-4-2-3-5-7(6)8;2*7-6-4-2-1-3-5-6/h3-5,9H,1-2H3;2-5,8H,1H3;2*1-5,7H. The van der Waals surface area contributed by atoms with Gasteiger partial charge < -0.3 is 20.4 Å². The Morgan fingerprint density at radius 2 is 0.774 bits per heavy atom. The van der Waals surface area contributed by atoms with Gasteiger partial charge in [-0.25, -0.2) is 0 Å². The first-order valence-corrected chi connectivity index (χ1v) is 9.79. The lowest BCUT2D eigenvalue weighted by Crippen LogP contribution is -1.78. The van der Waals surface area contributed by atoms with Gasteiger partial charge in [0, 0.05) is 0 Å². The van der Waals surface area contributed by atoms with Crippen LogP contribution in [0.4, 0.5) is 0 Å². The van der Waals surface area contributed by atoms with Crippen LogP contribution in [0.1, 0.15) is 16.7 Å². The minimum atomic E-state index is 0.322. The third-order valence-corrected chi connectivity index (χ3v) is 4.20. The van der Waals surface area contributed by atoms with Crippen molar-refractivity contribution < 1.29 is 20.4 Å². The highest BCUT2D eigenvalue weighted by Crippen LogP contribution is 2.17. The number of para-hydroxylation sites is 3. The zero-order valence-corrected chi connectivity index (χ0v) is 18.1. The summed E-state index contributed by atoms with van der Waals surface area (Å²) in [5, 5.41) is 35.3. The molecule has 0 atom stereocenters. The molecular formula is C27H30O4. The number of phenols is 4. The highest BCUT2D eigenvalue weighted by molar-refractivity contribution is 5.36. The van der Waals surface area contributed by atoms with E-state index < -0.39 is 0 Å². The van der Waals surface area contributed by atoms with Crippen molar-refractivity contribution in [2.75, 3.05) is 0 Å². The van der Waals surface area contributed by atoms with Gasteiger partial charge in [-0.15, -0.1) is 0 Å². The lowest BCUT2D eigenvalue weighted by atomic mass is 10.1. The van der Waals surface area contributed by atoms with Crippen molar-refractivity contribution in [2.24, 2.45) is 0 Å². The fourth-order valence-corrected chi connectivity index (χ4v) is 2.16. The van der Waals surface area contributed by atoms with E-state index in [0.29, 0.717) is 23.0 Å². The molecule has 0 aromatic heterocycles. The third-order valence-electron chi connectivity index (χ3n) is 4.20. The van der Waals surface area contributed by atoms with Crippen LogP contribution in [0.25, 0.3) is 0 Å². The van der Waals surface area contributed by atoms with Gasteiger partial charge in [0.15, 0.2) is 0 Å². The first kappa shape index (κ1) is 25.1. The van der Waals surface area contributed by atoms with Crippen LogP contribution < -0.4 is 0 Å². The Hall–Kier alpha value is -3.92. The molecule has 0 spiro atoms. The fraction of sp³-hybridized carbons (Fsp3) is 0.111. The molecule has 0 aliphatic heterocycles. The largest absolute Gasteiger partial charge is 0.508 e. The van der Waals surface area contributed by atoms with Crippen molar-refractivity contribution in [3.05, 3.63) is 120 Å². The van der Waals surface area contributed by atoms with E-state index in [0.717, 1.165) is 16.7 Å². The summed E-state index contributed by atoms with van der Waals surface area (Å²) < 4.78 is 0. The summed E-state index contributed by atoms with van der Waals surface area (Å²) in [5.41, 5.74) is 3.03. The maximum Gasteiger partial charge on any atom is 0.118 e. The molecule has 31 heavy (non-hydrogen) atoms. The summed E-state index contributed by atoms with van der Waals surface area (Å²) in [6, 6.07) is 30.2. The smallest absolute Gasteiger partial charge is 0.118 e. The molecule has 0 saturated heterocycles. The van der Waals surface area contributed by atoms with Crippen LogP contribution in [0.15, 0.2) is 103 Å². The number of aryl methyl sites for hydroxylation is 2. The molecule has 4 heteroatoms. The van der Waals surface area contributed by atoms with Crippen molar-refractivity contribution in [2.45, 2.75) is 20.8 Å². The van der Waals surface area contributed by atoms with Crippen molar-refractivity contribution >= 4 is 0 Å². The SMILES string of the molecule is Cc1cccc(O)c1C.Cc1ccccc1O.Oc1ccccc1.Oc1ccccc1. The van der Waals surface area contributed by atoms with Gasteiger partial charge >= 0.3 is 0 Å². The van der Waals surface area contributed by atoms with E-state index in [-0.39, 0.29) is 0 Å². The number of hydrogen-bond acceptors (Lipinski definition) is 4. The van der Waals surface area contributed by atoms with Gasteiger partial charge in [0.25, 0.3) is 0 Å². The van der Waals surface area contributed by atoms with Crippen LogP contribution in [0.3, 0.4) is 0 Å². The van der Waals surface area contributed by atoms with Crippen molar-refractivity contribution in [3.63, 3.8) is 0 Å². The summed E-state index contributed by atoms with van der Waals surface area (Å²) in [4.78, 5) is 0. The first-order chi connectivity index (χ1) is 14.8. The number of benzene rings is 4. The number of hydrogen-bond donors (Lipinski definition) is 4. The average Bonchev–Trinajstić information content (AvgIpc) is 2.77. The lowest BCUT2D eigenvalue weighted by Gasteiger charge is -1.99. The van der Waals surface area contributed by atoms with E-state index in [2.05, 4.69) is 0 Å². The molecule has 0 saturated carbocycles. The molecule has 4 aromatic carbocycles. The number of rotatable bonds is 0. The maximum atomic E-state index is 9.10. The van der Waals surface area contributed by atoms with E-state index in [1.54, 1.807) is 60.7 Å². The van der Waals surface area contributed by atoms with Gasteiger partial charge in [0.1, 0.15) is 23.0 Å². The predicted octanol–water partition coefficient (Wildman–Crippen LogP) is 6.49. The molecule has 0 aliphatic rings. The molecule has 0 heterocycles. The second kappa shape index (κ2) is 14.1. The molecule has 0 bridgehead atoms. The van der Waals surface area contributed by atoms with Crippen LogP contribution in [-0.2, 0) is 0 Å². The number of phenolic OH excluding ortho intramolecular Hbond substituents is 4. The summed E-state index contributed by atoms with van der Waals surface area (Å²) >= 11 is 0. The normalized spacial score (nSPS) is 9.00. The Kier molecular flexibility index (Phi) is 11.4. The van der Waals surface area contributed by atoms with Gasteiger partial charge in [-0.1, -0.05) is 66.7 Å². The molecule has 0 fully saturated rings. The highest BCUT2D eigenvalue weighted by Gasteiger charge is 1.94. The second-order valence-corrected chi connectivity index (χ2v) is 6.68. The Morgan fingerprint density at radius 1 is 0.387 bits per heavy atom. The molecule has 0 amide bonds. The predicted molar refractivity (Wildman–Crippen MR) is 127 cm³/mol. The summed E-state index contributed by atoms with van der Waals surface area (Å²) in [6.45, 7) is 5.76. The summed E-state index contributed by atoms with van der Waals surface area (Å²) in [5.74, 6) is 1.40. The zero-order valence-electron chi connectivity index (χ0n) is 18.1. The van der Waals surface area contributed by atoms with E-state index >= 15 is 0 Å². The second-order valence-electron chi connectivity index (χ2n) is 6.68. The van der Waals surface area contributed by atoms with E-state index in [1.165, 1.54) is 0 Å². The van der Waals surface area contributed by atoms with E-state index in [4.69, 9.17) is 20.4 Å². The quantitative estimate of drug-likeness (QED) is 0.263. The fourth-order valence-electron chi connectivity index (χ4n) is 2.16. The minimum Gasteiger partial charge on any atom is -0.508 e. The lowest BCUT2D eigenvalue weighted by molar-refractivity contribution is 0.470. The Morgan fingerprint density at radius 3 is 1.06 bits per heavy atom. The van der Waals surface area contributed by atoms with Gasteiger partial charge in [-0.2, -0.15) is 0 Å². The Bertz CT molecular complexity index is 921. The van der Waals surface area contributed by atoms with Crippen LogP contribution in [0.5, 0.6) is 23.0 Å². The van der Waals surface area contributed by atoms with E-state index in [1.807, 2.05) is 63.2 Å². The van der Waals surface area contributed by atoms with Crippen LogP contribution in [-0.4, -0.2) is 20.4 Å². The average molecular weight is 419 g/mol. The topological polar surface area (TPSA) is 80.9 Å². The molecule has 4 aromatic rings. The molecule has 0 unspecified atom stereocenters. The molecule has 4 nitrogen and oxygen atoms in total. The molecule has 4 N–H and O–H groups in total. The third kappa shape index (κ3) is 11.0. The van der Waals surface area contributed by atoms with Gasteiger partial charge in [-0.05, 0) is 73.9 Å². The summed E-state index contributed by atoms with van der Waals surface area (Å²) in [6.07, 6.45) is 0. The van der Waals surface area contributed by atoms with Crippen molar-refractivity contribution in [1.82, 2.24) is 0 Å². The van der Waals surface area contributed by atoms with Gasteiger partial charge in [-0.3, -0.25) is 0 Å². The van der Waals surface area contributed by atoms with Crippen molar-refractivity contribution in [1.29, 1.82) is 0 Å². The van der Waals surface area contributed by atoms with Crippen LogP contribution in [0.2, 0.25) is 0 Å². The number of aromatic hydroxyl groups is 4. The van der Waals surface area contributed by atoms with Crippen LogP contribution >= 0.6 is 0 Å². The first-order valence-electron chi connectivity index (χ1n) is 9.79. The summed E-state index contributed by atoms with van der Waals surface area (Å²) in [7, 11) is 0. The highest BCUT2D eigenvalue weighted by atomic mass is 16.3. The van der Waals surface area contributed by atoms with E-state index in [9.17, 15) is 0 Å². The zero-order chi connectivity index (χ0) is 23.1. The molecule has 0 aliphatic carbocycles. The molecule has 162 valence electrons. The monoisotopic (exact) mass is 418 g/mol. The van der Waals surface area contributed by atoms with Crippen molar-refractivity contribution in [3.8, 4) is 23.0 Å². The molecule has 0 radical (unpaired) electrons. The minimum absolute atomic E-state index is 0.322. The van der Waals surface area contributed by atoms with Gasteiger partial charge in [0.05, 0.1) is 0 Å². The Balaban J connectivity index is 0.000000208. The molecule has 4 rings (SSSR count). The Labute approximate surface area is 184 Å². The van der Waals surface area contributed by atoms with Crippen LogP contribution in [0, 0.1) is 20.8 Å².